The molecule has 0 aromatic carbocycles. The zero-order valence-corrected chi connectivity index (χ0v) is 10.0. The topological polar surface area (TPSA) is 63.0 Å². The lowest BCUT2D eigenvalue weighted by Gasteiger charge is -1.95. The molecule has 0 aliphatic rings. The van der Waals surface area contributed by atoms with Gasteiger partial charge in [-0.05, 0) is 36.2 Å². The van der Waals surface area contributed by atoms with Crippen molar-refractivity contribution < 1.29 is 0 Å². The quantitative estimate of drug-likeness (QED) is 0.651. The Morgan fingerprint density at radius 2 is 2.50 bits per heavy atom. The van der Waals surface area contributed by atoms with E-state index in [4.69, 9.17) is 12.2 Å². The van der Waals surface area contributed by atoms with Gasteiger partial charge >= 0.3 is 0 Å². The van der Waals surface area contributed by atoms with E-state index in [1.54, 1.807) is 17.6 Å². The first-order valence-electron chi connectivity index (χ1n) is 4.43. The Hall–Kier alpha value is -1.60. The summed E-state index contributed by atoms with van der Waals surface area (Å²) in [5, 5.41) is 12.1. The van der Waals surface area contributed by atoms with Crippen LogP contribution in [0, 0.1) is 11.7 Å². The lowest BCUT2D eigenvalue weighted by Crippen LogP contribution is -2.18. The second-order valence-corrected chi connectivity index (χ2v) is 4.37. The van der Waals surface area contributed by atoms with Gasteiger partial charge in [0.1, 0.15) is 6.20 Å². The van der Waals surface area contributed by atoms with Crippen LogP contribution < -0.4 is 5.56 Å². The van der Waals surface area contributed by atoms with Gasteiger partial charge in [0.2, 0.25) is 4.77 Å². The molecule has 0 radical (unpaired) electrons. The van der Waals surface area contributed by atoms with Crippen molar-refractivity contribution in [2.75, 3.05) is 0 Å². The van der Waals surface area contributed by atoms with Crippen LogP contribution in [0.4, 0.5) is 0 Å². The van der Waals surface area contributed by atoms with Crippen LogP contribution >= 0.6 is 23.6 Å². The number of rotatable bonds is 2. The summed E-state index contributed by atoms with van der Waals surface area (Å²) < 4.78 is 1.28. The second-order valence-electron chi connectivity index (χ2n) is 3.04. The van der Waals surface area contributed by atoms with E-state index in [0.717, 1.165) is 21.3 Å². The number of nitrogens with zero attached hydrogens (tertiary/aromatic N) is 3. The largest absolute Gasteiger partial charge is 0.293 e. The molecule has 7 heteroatoms. The lowest BCUT2D eigenvalue weighted by atomic mass is 10.3. The zero-order valence-electron chi connectivity index (χ0n) is 8.38. The molecule has 0 amide bonds. The highest BCUT2D eigenvalue weighted by atomic mass is 32.1. The van der Waals surface area contributed by atoms with Crippen molar-refractivity contribution in [1.82, 2.24) is 14.9 Å². The van der Waals surface area contributed by atoms with Gasteiger partial charge in [0, 0.05) is 0 Å². The van der Waals surface area contributed by atoms with E-state index in [1.807, 2.05) is 18.4 Å². The van der Waals surface area contributed by atoms with Gasteiger partial charge in [0.25, 0.3) is 5.56 Å². The van der Waals surface area contributed by atoms with Gasteiger partial charge < -0.3 is 0 Å². The number of aryl methyl sites for hydroxylation is 1. The summed E-state index contributed by atoms with van der Waals surface area (Å²) >= 11 is 6.46. The lowest BCUT2D eigenvalue weighted by molar-refractivity contribution is 0.738. The summed E-state index contributed by atoms with van der Waals surface area (Å²) in [5.41, 5.74) is 0.764. The molecule has 0 saturated carbocycles. The highest BCUT2D eigenvalue weighted by Crippen LogP contribution is 2.12. The molecule has 2 aromatic heterocycles. The average molecular weight is 252 g/mol. The van der Waals surface area contributed by atoms with Crippen LogP contribution in [0.5, 0.6) is 0 Å². The van der Waals surface area contributed by atoms with Gasteiger partial charge in [-0.1, -0.05) is 0 Å². The highest BCUT2D eigenvalue weighted by molar-refractivity contribution is 7.71. The van der Waals surface area contributed by atoms with Gasteiger partial charge in [-0.15, -0.1) is 11.3 Å². The van der Waals surface area contributed by atoms with E-state index in [0.29, 0.717) is 0 Å². The van der Waals surface area contributed by atoms with Gasteiger partial charge in [-0.3, -0.25) is 9.89 Å². The molecule has 82 valence electrons. The van der Waals surface area contributed by atoms with Crippen LogP contribution in [-0.4, -0.2) is 21.1 Å². The van der Waals surface area contributed by atoms with Crippen molar-refractivity contribution in [2.45, 2.75) is 6.92 Å². The summed E-state index contributed by atoms with van der Waals surface area (Å²) in [7, 11) is 0. The summed E-state index contributed by atoms with van der Waals surface area (Å²) in [6.07, 6.45) is 2.75. The molecule has 5 nitrogen and oxygen atoms in total. The summed E-state index contributed by atoms with van der Waals surface area (Å²) in [6, 6.07) is 1.99. The van der Waals surface area contributed by atoms with Crippen molar-refractivity contribution in [1.29, 1.82) is 0 Å². The number of thiophene rings is 1. The molecule has 0 aliphatic carbocycles. The van der Waals surface area contributed by atoms with E-state index in [9.17, 15) is 4.79 Å². The van der Waals surface area contributed by atoms with Crippen LogP contribution in [0.25, 0.3) is 0 Å². The van der Waals surface area contributed by atoms with Crippen LogP contribution in [-0.2, 0) is 0 Å². The van der Waals surface area contributed by atoms with Gasteiger partial charge in [0.15, 0.2) is 0 Å². The van der Waals surface area contributed by atoms with E-state index in [2.05, 4.69) is 15.3 Å². The molecule has 0 aliphatic heterocycles. The fraction of sp³-hybridized carbons (Fsp3) is 0.111. The second kappa shape index (κ2) is 4.50. The van der Waals surface area contributed by atoms with E-state index >= 15 is 0 Å². The van der Waals surface area contributed by atoms with Crippen LogP contribution in [0.3, 0.4) is 0 Å². The minimum atomic E-state index is -0.353. The minimum absolute atomic E-state index is 0.179. The molecule has 0 saturated heterocycles. The predicted molar refractivity (Wildman–Crippen MR) is 65.7 cm³/mol. The molecule has 2 aromatic rings. The summed E-state index contributed by atoms with van der Waals surface area (Å²) in [5.74, 6) is 0. The van der Waals surface area contributed by atoms with Crippen molar-refractivity contribution >= 4 is 29.8 Å². The molecule has 0 fully saturated rings. The van der Waals surface area contributed by atoms with E-state index in [1.165, 1.54) is 0 Å². The molecule has 0 atom stereocenters. The monoisotopic (exact) mass is 252 g/mol. The number of aromatic amines is 1. The first-order chi connectivity index (χ1) is 7.68. The van der Waals surface area contributed by atoms with Gasteiger partial charge in [-0.2, -0.15) is 14.9 Å². The summed E-state index contributed by atoms with van der Waals surface area (Å²) in [4.78, 5) is 12.4. The Morgan fingerprint density at radius 3 is 3.12 bits per heavy atom. The minimum Gasteiger partial charge on any atom is -0.265 e. The normalized spacial score (nSPS) is 11.1. The summed E-state index contributed by atoms with van der Waals surface area (Å²) in [6.45, 7) is 1.98. The molecule has 1 N–H and O–H groups in total. The molecule has 0 unspecified atom stereocenters. The first kappa shape index (κ1) is 10.9. The number of H-pyrrole nitrogens is 1. The molecular formula is C9H8N4OS2. The zero-order chi connectivity index (χ0) is 11.5. The number of aromatic nitrogens is 3. The van der Waals surface area contributed by atoms with E-state index < -0.39 is 0 Å². The Bertz CT molecular complexity index is 609. The Balaban J connectivity index is 2.42. The SMILES string of the molecule is Cc1ccsc1/C=N/n1c(=O)cn[nH]c1=S. The smallest absolute Gasteiger partial charge is 0.265 e. The molecule has 0 spiro atoms. The Morgan fingerprint density at radius 1 is 1.69 bits per heavy atom. The average Bonchev–Trinajstić information content (AvgIpc) is 2.64. The fourth-order valence-corrected chi connectivity index (χ4v) is 2.05. The fourth-order valence-electron chi connectivity index (χ4n) is 1.08. The maximum absolute atomic E-state index is 11.4. The molecule has 2 rings (SSSR count). The first-order valence-corrected chi connectivity index (χ1v) is 5.72. The number of hydrogen-bond acceptors (Lipinski definition) is 5. The molecule has 2 heterocycles. The van der Waals surface area contributed by atoms with Crippen molar-refractivity contribution in [2.24, 2.45) is 5.10 Å². The standard InChI is InChI=1S/C9H8N4OS2/c1-6-2-3-16-7(6)4-11-13-8(14)5-10-12-9(13)15/h2-5H,1H3,(H,12,15)/b11-4+. The Kier molecular flexibility index (Phi) is 3.07. The van der Waals surface area contributed by atoms with Crippen LogP contribution in [0.1, 0.15) is 10.4 Å². The maximum Gasteiger partial charge on any atom is 0.293 e. The molecular weight excluding hydrogens is 244 g/mol. The van der Waals surface area contributed by atoms with Crippen LogP contribution in [0.2, 0.25) is 0 Å². The molecule has 0 bridgehead atoms. The number of hydrogen-bond donors (Lipinski definition) is 1. The van der Waals surface area contributed by atoms with Crippen molar-refractivity contribution in [3.05, 3.63) is 43.2 Å². The Labute approximate surface area is 100 Å². The molecule has 16 heavy (non-hydrogen) atoms. The highest BCUT2D eigenvalue weighted by Gasteiger charge is 1.97. The van der Waals surface area contributed by atoms with E-state index in [-0.39, 0.29) is 10.3 Å². The number of nitrogens with one attached hydrogen (secondary N) is 1. The predicted octanol–water partition coefficient (Wildman–Crippen LogP) is 1.55. The third-order valence-corrected chi connectivity index (χ3v) is 3.15. The maximum atomic E-state index is 11.4. The van der Waals surface area contributed by atoms with Crippen LogP contribution in [0.15, 0.2) is 27.5 Å². The van der Waals surface area contributed by atoms with Gasteiger partial charge in [0.05, 0.1) is 11.1 Å². The van der Waals surface area contributed by atoms with Gasteiger partial charge in [-0.25, -0.2) is 0 Å². The van der Waals surface area contributed by atoms with Crippen molar-refractivity contribution in [3.63, 3.8) is 0 Å². The van der Waals surface area contributed by atoms with Crippen molar-refractivity contribution in [3.8, 4) is 0 Å². The third-order valence-electron chi connectivity index (χ3n) is 1.93. The third kappa shape index (κ3) is 2.15.